The molecule has 2 atom stereocenters. The van der Waals surface area contributed by atoms with Gasteiger partial charge in [0.1, 0.15) is 11.9 Å². The van der Waals surface area contributed by atoms with Crippen LogP contribution >= 0.6 is 11.6 Å². The molecule has 0 spiro atoms. The van der Waals surface area contributed by atoms with Crippen LogP contribution < -0.4 is 10.1 Å². The van der Waals surface area contributed by atoms with Gasteiger partial charge in [0, 0.05) is 42.6 Å². The molecule has 7 heteroatoms. The predicted molar refractivity (Wildman–Crippen MR) is 79.9 cm³/mol. The first-order valence-electron chi connectivity index (χ1n) is 7.17. The van der Waals surface area contributed by atoms with Gasteiger partial charge >= 0.3 is 0 Å². The Kier molecular flexibility index (Phi) is 4.73. The lowest BCUT2D eigenvalue weighted by molar-refractivity contribution is 0.131. The zero-order valence-corrected chi connectivity index (χ0v) is 12.8. The van der Waals surface area contributed by atoms with Crippen LogP contribution in [0.5, 0.6) is 5.75 Å². The molecule has 23 heavy (non-hydrogen) atoms. The highest BCUT2D eigenvalue weighted by molar-refractivity contribution is 6.30. The fourth-order valence-corrected chi connectivity index (χ4v) is 2.91. The van der Waals surface area contributed by atoms with Crippen LogP contribution in [-0.2, 0) is 0 Å². The van der Waals surface area contributed by atoms with Crippen LogP contribution in [-0.4, -0.2) is 18.1 Å². The zero-order chi connectivity index (χ0) is 16.4. The standard InChI is InChI=1S/C16H14ClF3N2O/c17-11-3-10(7-22-8-11)15(9-1-2-21-6-9)23-16-13(19)4-12(18)5-14(16)20/h3-5,7-9,15,21H,1-2,6H2/t9-,15?/m1/s1. The van der Waals surface area contributed by atoms with Crippen molar-refractivity contribution in [2.75, 3.05) is 13.1 Å². The summed E-state index contributed by atoms with van der Waals surface area (Å²) in [6.45, 7) is 1.43. The molecular formula is C16H14ClF3N2O. The lowest BCUT2D eigenvalue weighted by Gasteiger charge is -2.25. The molecule has 1 saturated heterocycles. The summed E-state index contributed by atoms with van der Waals surface area (Å²) < 4.78 is 46.4. The summed E-state index contributed by atoms with van der Waals surface area (Å²) in [7, 11) is 0. The lowest BCUT2D eigenvalue weighted by atomic mass is 9.96. The van der Waals surface area contributed by atoms with Gasteiger partial charge in [0.25, 0.3) is 0 Å². The van der Waals surface area contributed by atoms with Crippen molar-refractivity contribution in [2.45, 2.75) is 12.5 Å². The van der Waals surface area contributed by atoms with Crippen molar-refractivity contribution in [1.82, 2.24) is 10.3 Å². The number of pyridine rings is 1. The Morgan fingerprint density at radius 1 is 1.17 bits per heavy atom. The average Bonchev–Trinajstić information content (AvgIpc) is 3.00. The van der Waals surface area contributed by atoms with Gasteiger partial charge in [0.15, 0.2) is 17.4 Å². The molecule has 0 amide bonds. The smallest absolute Gasteiger partial charge is 0.191 e. The van der Waals surface area contributed by atoms with Crippen molar-refractivity contribution in [2.24, 2.45) is 5.92 Å². The van der Waals surface area contributed by atoms with E-state index in [1.165, 1.54) is 6.20 Å². The monoisotopic (exact) mass is 342 g/mol. The Morgan fingerprint density at radius 2 is 1.91 bits per heavy atom. The summed E-state index contributed by atoms with van der Waals surface area (Å²) in [6.07, 6.45) is 3.16. The van der Waals surface area contributed by atoms with Gasteiger partial charge in [-0.2, -0.15) is 0 Å². The number of nitrogens with one attached hydrogen (secondary N) is 1. The van der Waals surface area contributed by atoms with Crippen molar-refractivity contribution in [3.05, 3.63) is 58.6 Å². The second-order valence-electron chi connectivity index (χ2n) is 5.43. The fourth-order valence-electron chi connectivity index (χ4n) is 2.72. The molecule has 1 aromatic heterocycles. The molecule has 1 unspecified atom stereocenters. The van der Waals surface area contributed by atoms with Crippen LogP contribution in [0, 0.1) is 23.4 Å². The number of aromatic nitrogens is 1. The maximum Gasteiger partial charge on any atom is 0.191 e. The van der Waals surface area contributed by atoms with E-state index < -0.39 is 29.3 Å². The highest BCUT2D eigenvalue weighted by Gasteiger charge is 2.30. The van der Waals surface area contributed by atoms with E-state index in [9.17, 15) is 13.2 Å². The van der Waals surface area contributed by atoms with Crippen molar-refractivity contribution in [3.63, 3.8) is 0 Å². The molecule has 1 aliphatic rings. The number of benzene rings is 1. The largest absolute Gasteiger partial charge is 0.479 e. The predicted octanol–water partition coefficient (Wildman–Crippen LogP) is 3.88. The number of hydrogen-bond acceptors (Lipinski definition) is 3. The molecule has 1 N–H and O–H groups in total. The van der Waals surface area contributed by atoms with Gasteiger partial charge in [0.2, 0.25) is 0 Å². The van der Waals surface area contributed by atoms with E-state index in [0.717, 1.165) is 13.0 Å². The number of halogens is 4. The number of hydrogen-bond donors (Lipinski definition) is 1. The molecule has 0 saturated carbocycles. The van der Waals surface area contributed by atoms with E-state index in [-0.39, 0.29) is 5.92 Å². The normalized spacial score (nSPS) is 18.9. The molecule has 0 radical (unpaired) electrons. The van der Waals surface area contributed by atoms with Gasteiger partial charge in [-0.25, -0.2) is 13.2 Å². The Morgan fingerprint density at radius 3 is 2.52 bits per heavy atom. The maximum absolute atomic E-state index is 13.9. The van der Waals surface area contributed by atoms with Crippen LogP contribution in [0.15, 0.2) is 30.6 Å². The molecular weight excluding hydrogens is 329 g/mol. The Hall–Kier alpha value is -1.79. The van der Waals surface area contributed by atoms with Crippen LogP contribution in [0.1, 0.15) is 18.1 Å². The number of nitrogens with zero attached hydrogens (tertiary/aromatic N) is 1. The third-order valence-electron chi connectivity index (χ3n) is 3.79. The average molecular weight is 343 g/mol. The number of ether oxygens (including phenoxy) is 1. The van der Waals surface area contributed by atoms with E-state index in [4.69, 9.17) is 16.3 Å². The molecule has 2 heterocycles. The molecule has 0 aliphatic carbocycles. The molecule has 3 rings (SSSR count). The van der Waals surface area contributed by atoms with Crippen molar-refractivity contribution >= 4 is 11.6 Å². The molecule has 1 aromatic carbocycles. The van der Waals surface area contributed by atoms with Crippen molar-refractivity contribution in [3.8, 4) is 5.75 Å². The SMILES string of the molecule is Fc1cc(F)c(OC(c2cncc(Cl)c2)[C@@H]2CCNC2)c(F)c1. The molecule has 0 bridgehead atoms. The second-order valence-corrected chi connectivity index (χ2v) is 5.86. The summed E-state index contributed by atoms with van der Waals surface area (Å²) >= 11 is 5.95. The van der Waals surface area contributed by atoms with E-state index in [0.29, 0.717) is 29.3 Å². The molecule has 122 valence electrons. The third-order valence-corrected chi connectivity index (χ3v) is 4.00. The number of rotatable bonds is 4. The first-order valence-corrected chi connectivity index (χ1v) is 7.55. The van der Waals surface area contributed by atoms with Crippen LogP contribution in [0.2, 0.25) is 5.02 Å². The summed E-state index contributed by atoms with van der Waals surface area (Å²) in [5.41, 5.74) is 0.620. The Labute approximate surface area is 136 Å². The van der Waals surface area contributed by atoms with Gasteiger partial charge < -0.3 is 10.1 Å². The first-order chi connectivity index (χ1) is 11.0. The van der Waals surface area contributed by atoms with Crippen LogP contribution in [0.25, 0.3) is 0 Å². The van der Waals surface area contributed by atoms with Crippen LogP contribution in [0.4, 0.5) is 13.2 Å². The Balaban J connectivity index is 1.96. The molecule has 3 nitrogen and oxygen atoms in total. The van der Waals surface area contributed by atoms with Crippen LogP contribution in [0.3, 0.4) is 0 Å². The van der Waals surface area contributed by atoms with E-state index in [2.05, 4.69) is 10.3 Å². The summed E-state index contributed by atoms with van der Waals surface area (Å²) in [4.78, 5) is 4.00. The minimum Gasteiger partial charge on any atom is -0.479 e. The van der Waals surface area contributed by atoms with Gasteiger partial charge in [-0.05, 0) is 19.0 Å². The maximum atomic E-state index is 13.9. The quantitative estimate of drug-likeness (QED) is 0.915. The summed E-state index contributed by atoms with van der Waals surface area (Å²) in [6, 6.07) is 2.84. The second kappa shape index (κ2) is 6.76. The van der Waals surface area contributed by atoms with Gasteiger partial charge in [-0.1, -0.05) is 11.6 Å². The minimum atomic E-state index is -1.08. The highest BCUT2D eigenvalue weighted by atomic mass is 35.5. The molecule has 1 aliphatic heterocycles. The molecule has 2 aromatic rings. The third kappa shape index (κ3) is 3.59. The van der Waals surface area contributed by atoms with Gasteiger partial charge in [-0.3, -0.25) is 4.98 Å². The van der Waals surface area contributed by atoms with E-state index in [1.54, 1.807) is 12.3 Å². The van der Waals surface area contributed by atoms with E-state index in [1.807, 2.05) is 0 Å². The van der Waals surface area contributed by atoms with Crippen molar-refractivity contribution < 1.29 is 17.9 Å². The molecule has 1 fully saturated rings. The van der Waals surface area contributed by atoms with Gasteiger partial charge in [-0.15, -0.1) is 0 Å². The zero-order valence-electron chi connectivity index (χ0n) is 12.0. The Bertz CT molecular complexity index is 684. The van der Waals surface area contributed by atoms with E-state index >= 15 is 0 Å². The highest BCUT2D eigenvalue weighted by Crippen LogP contribution is 2.35. The van der Waals surface area contributed by atoms with Gasteiger partial charge in [0.05, 0.1) is 5.02 Å². The van der Waals surface area contributed by atoms with Crippen molar-refractivity contribution in [1.29, 1.82) is 0 Å². The summed E-state index contributed by atoms with van der Waals surface area (Å²) in [5, 5.41) is 3.59. The lowest BCUT2D eigenvalue weighted by Crippen LogP contribution is -2.22. The fraction of sp³-hybridized carbons (Fsp3) is 0.312. The summed E-state index contributed by atoms with van der Waals surface area (Å²) in [5.74, 6) is -3.74. The topological polar surface area (TPSA) is 34.1 Å². The first kappa shape index (κ1) is 16.1. The minimum absolute atomic E-state index is 0.000815.